The van der Waals surface area contributed by atoms with Gasteiger partial charge in [0.25, 0.3) is 0 Å². The van der Waals surface area contributed by atoms with Gasteiger partial charge in [-0.15, -0.1) is 11.3 Å². The molecule has 0 radical (unpaired) electrons. The Morgan fingerprint density at radius 2 is 2.41 bits per heavy atom. The van der Waals surface area contributed by atoms with Gasteiger partial charge in [-0.1, -0.05) is 11.8 Å². The van der Waals surface area contributed by atoms with Crippen molar-refractivity contribution in [2.45, 2.75) is 17.0 Å². The summed E-state index contributed by atoms with van der Waals surface area (Å²) in [7, 11) is 1.87. The Kier molecular flexibility index (Phi) is 3.49. The number of aromatic nitrogens is 3. The van der Waals surface area contributed by atoms with Crippen LogP contribution < -0.4 is 0 Å². The lowest BCUT2D eigenvalue weighted by atomic mass is 10.4. The molecule has 5 nitrogen and oxygen atoms in total. The SMILES string of the molecule is Cc1nc(SCc2cnn(C)c2)sc1C(=O)O. The quantitative estimate of drug-likeness (QED) is 0.862. The molecule has 0 aliphatic rings. The largest absolute Gasteiger partial charge is 0.477 e. The number of thioether (sulfide) groups is 1. The first-order valence-electron chi connectivity index (χ1n) is 4.87. The minimum atomic E-state index is -0.909. The monoisotopic (exact) mass is 269 g/mol. The van der Waals surface area contributed by atoms with E-state index in [1.165, 1.54) is 23.1 Å². The third-order valence-corrected chi connectivity index (χ3v) is 4.45. The maximum absolute atomic E-state index is 10.9. The molecule has 0 amide bonds. The van der Waals surface area contributed by atoms with Crippen molar-refractivity contribution in [2.75, 3.05) is 0 Å². The minimum absolute atomic E-state index is 0.318. The first kappa shape index (κ1) is 12.1. The van der Waals surface area contributed by atoms with Gasteiger partial charge in [0.05, 0.1) is 11.9 Å². The normalized spacial score (nSPS) is 10.7. The van der Waals surface area contributed by atoms with Crippen LogP contribution in [-0.2, 0) is 12.8 Å². The molecule has 0 saturated carbocycles. The molecule has 7 heteroatoms. The molecule has 0 fully saturated rings. The summed E-state index contributed by atoms with van der Waals surface area (Å²) < 4.78 is 2.52. The molecule has 0 unspecified atom stereocenters. The Morgan fingerprint density at radius 1 is 1.65 bits per heavy atom. The zero-order valence-corrected chi connectivity index (χ0v) is 11.0. The molecule has 0 saturated heterocycles. The van der Waals surface area contributed by atoms with Crippen LogP contribution in [0.1, 0.15) is 20.9 Å². The fourth-order valence-corrected chi connectivity index (χ4v) is 3.26. The van der Waals surface area contributed by atoms with E-state index in [-0.39, 0.29) is 0 Å². The van der Waals surface area contributed by atoms with E-state index in [0.717, 1.165) is 15.7 Å². The van der Waals surface area contributed by atoms with E-state index in [4.69, 9.17) is 5.11 Å². The zero-order chi connectivity index (χ0) is 12.4. The molecule has 17 heavy (non-hydrogen) atoms. The molecule has 90 valence electrons. The smallest absolute Gasteiger partial charge is 0.347 e. The molecular weight excluding hydrogens is 258 g/mol. The van der Waals surface area contributed by atoms with E-state index in [0.29, 0.717) is 10.6 Å². The average Bonchev–Trinajstić information content (AvgIpc) is 2.82. The van der Waals surface area contributed by atoms with Gasteiger partial charge in [-0.25, -0.2) is 9.78 Å². The van der Waals surface area contributed by atoms with Crippen LogP contribution >= 0.6 is 23.1 Å². The number of aromatic carboxylic acids is 1. The number of rotatable bonds is 4. The minimum Gasteiger partial charge on any atom is -0.477 e. The molecule has 2 rings (SSSR count). The van der Waals surface area contributed by atoms with E-state index in [1.807, 2.05) is 13.2 Å². The Morgan fingerprint density at radius 3 is 2.94 bits per heavy atom. The molecule has 0 spiro atoms. The first-order chi connectivity index (χ1) is 8.06. The van der Waals surface area contributed by atoms with E-state index in [2.05, 4.69) is 10.1 Å². The zero-order valence-electron chi connectivity index (χ0n) is 9.38. The highest BCUT2D eigenvalue weighted by Crippen LogP contribution is 2.29. The Balaban J connectivity index is 2.04. The second kappa shape index (κ2) is 4.89. The third kappa shape index (κ3) is 2.86. The second-order valence-corrected chi connectivity index (χ2v) is 5.73. The second-order valence-electron chi connectivity index (χ2n) is 3.51. The highest BCUT2D eigenvalue weighted by atomic mass is 32.2. The van der Waals surface area contributed by atoms with Crippen molar-refractivity contribution in [3.63, 3.8) is 0 Å². The Labute approximate surface area is 106 Å². The van der Waals surface area contributed by atoms with Crippen molar-refractivity contribution in [3.8, 4) is 0 Å². The summed E-state index contributed by atoms with van der Waals surface area (Å²) in [6.07, 6.45) is 3.73. The lowest BCUT2D eigenvalue weighted by molar-refractivity contribution is 0.0701. The number of thiazole rings is 1. The summed E-state index contributed by atoms with van der Waals surface area (Å²) in [6, 6.07) is 0. The van der Waals surface area contributed by atoms with Gasteiger partial charge in [-0.05, 0) is 6.92 Å². The molecule has 0 aliphatic carbocycles. The van der Waals surface area contributed by atoms with Gasteiger partial charge in [0, 0.05) is 24.6 Å². The van der Waals surface area contributed by atoms with Crippen molar-refractivity contribution in [1.82, 2.24) is 14.8 Å². The maximum Gasteiger partial charge on any atom is 0.347 e. The average molecular weight is 269 g/mol. The summed E-state index contributed by atoms with van der Waals surface area (Å²) >= 11 is 2.75. The maximum atomic E-state index is 10.9. The number of aryl methyl sites for hydroxylation is 2. The number of carbonyl (C=O) groups is 1. The van der Waals surface area contributed by atoms with Crippen molar-refractivity contribution in [3.05, 3.63) is 28.5 Å². The van der Waals surface area contributed by atoms with Gasteiger partial charge < -0.3 is 5.11 Å². The highest BCUT2D eigenvalue weighted by Gasteiger charge is 2.14. The summed E-state index contributed by atoms with van der Waals surface area (Å²) in [6.45, 7) is 1.72. The molecule has 0 aliphatic heterocycles. The predicted octanol–water partition coefficient (Wildman–Crippen LogP) is 2.18. The van der Waals surface area contributed by atoms with Crippen LogP contribution in [0.3, 0.4) is 0 Å². The number of nitrogens with zero attached hydrogens (tertiary/aromatic N) is 3. The van der Waals surface area contributed by atoms with Gasteiger partial charge in [0.15, 0.2) is 4.34 Å². The Bertz CT molecular complexity index is 547. The van der Waals surface area contributed by atoms with Crippen LogP contribution in [0, 0.1) is 6.92 Å². The molecule has 0 atom stereocenters. The van der Waals surface area contributed by atoms with Gasteiger partial charge in [0.1, 0.15) is 4.88 Å². The van der Waals surface area contributed by atoms with Crippen molar-refractivity contribution < 1.29 is 9.90 Å². The van der Waals surface area contributed by atoms with E-state index in [9.17, 15) is 4.79 Å². The lowest BCUT2D eigenvalue weighted by Crippen LogP contribution is -1.94. The molecule has 2 aromatic heterocycles. The van der Waals surface area contributed by atoms with Crippen LogP contribution in [0.5, 0.6) is 0 Å². The van der Waals surface area contributed by atoms with Gasteiger partial charge in [0.2, 0.25) is 0 Å². The molecule has 0 aromatic carbocycles. The van der Waals surface area contributed by atoms with E-state index in [1.54, 1.807) is 17.8 Å². The number of carboxylic acid groups (broad SMARTS) is 1. The van der Waals surface area contributed by atoms with Gasteiger partial charge in [-0.3, -0.25) is 4.68 Å². The van der Waals surface area contributed by atoms with Crippen LogP contribution in [0.15, 0.2) is 16.7 Å². The highest BCUT2D eigenvalue weighted by molar-refractivity contribution is 8.00. The summed E-state index contributed by atoms with van der Waals surface area (Å²) in [5.41, 5.74) is 1.68. The summed E-state index contributed by atoms with van der Waals surface area (Å²) in [5.74, 6) is -0.159. The number of hydrogen-bond acceptors (Lipinski definition) is 5. The molecule has 0 bridgehead atoms. The number of hydrogen-bond donors (Lipinski definition) is 1. The van der Waals surface area contributed by atoms with E-state index < -0.39 is 5.97 Å². The topological polar surface area (TPSA) is 68.0 Å². The molecular formula is C10H11N3O2S2. The Hall–Kier alpha value is -1.34. The number of carboxylic acids is 1. The molecule has 2 aromatic rings. The van der Waals surface area contributed by atoms with Crippen LogP contribution in [0.2, 0.25) is 0 Å². The first-order valence-corrected chi connectivity index (χ1v) is 6.67. The van der Waals surface area contributed by atoms with Crippen molar-refractivity contribution in [2.24, 2.45) is 7.05 Å². The van der Waals surface area contributed by atoms with E-state index >= 15 is 0 Å². The predicted molar refractivity (Wildman–Crippen MR) is 66.6 cm³/mol. The fourth-order valence-electron chi connectivity index (χ4n) is 1.32. The van der Waals surface area contributed by atoms with Gasteiger partial charge in [-0.2, -0.15) is 5.10 Å². The summed E-state index contributed by atoms with van der Waals surface area (Å²) in [4.78, 5) is 15.4. The fraction of sp³-hybridized carbons (Fsp3) is 0.300. The van der Waals surface area contributed by atoms with Crippen molar-refractivity contribution >= 4 is 29.1 Å². The summed E-state index contributed by atoms with van der Waals surface area (Å²) in [5, 5.41) is 13.0. The molecule has 2 heterocycles. The van der Waals surface area contributed by atoms with Crippen molar-refractivity contribution in [1.29, 1.82) is 0 Å². The lowest BCUT2D eigenvalue weighted by Gasteiger charge is -1.92. The van der Waals surface area contributed by atoms with Crippen LogP contribution in [0.4, 0.5) is 0 Å². The third-order valence-electron chi connectivity index (χ3n) is 2.09. The van der Waals surface area contributed by atoms with Crippen LogP contribution in [0.25, 0.3) is 0 Å². The van der Waals surface area contributed by atoms with Gasteiger partial charge >= 0.3 is 5.97 Å². The molecule has 1 N–H and O–H groups in total. The van der Waals surface area contributed by atoms with Crippen LogP contribution in [-0.4, -0.2) is 25.8 Å². The standard InChI is InChI=1S/C10H11N3O2S2/c1-6-8(9(14)15)17-10(12-6)16-5-7-3-11-13(2)4-7/h3-4H,5H2,1-2H3,(H,14,15).